The van der Waals surface area contributed by atoms with Crippen LogP contribution in [0, 0.1) is 12.8 Å². The minimum atomic E-state index is 0. The Bertz CT molecular complexity index is 373. The zero-order valence-electron chi connectivity index (χ0n) is 9.98. The van der Waals surface area contributed by atoms with Crippen LogP contribution in [-0.4, -0.2) is 17.5 Å². The lowest BCUT2D eigenvalue weighted by Gasteiger charge is -2.25. The maximum Gasteiger partial charge on any atom is 0.189 e. The third-order valence-electron chi connectivity index (χ3n) is 2.85. The molecular weight excluding hydrogens is 347 g/mol. The summed E-state index contributed by atoms with van der Waals surface area (Å²) < 4.78 is 0. The molecule has 1 aliphatic carbocycles. The quantitative estimate of drug-likeness (QED) is 0.488. The number of aliphatic imine (C=N–C) groups is 1. The number of aryl methyl sites for hydroxylation is 1. The number of thiazole rings is 1. The molecule has 1 aliphatic rings. The third kappa shape index (κ3) is 4.79. The van der Waals surface area contributed by atoms with Gasteiger partial charge in [-0.1, -0.05) is 6.42 Å². The Hall–Kier alpha value is -0.370. The van der Waals surface area contributed by atoms with Crippen molar-refractivity contribution in [3.05, 3.63) is 16.1 Å². The summed E-state index contributed by atoms with van der Waals surface area (Å²) in [5.74, 6) is 1.34. The molecule has 0 aromatic carbocycles. The molecule has 17 heavy (non-hydrogen) atoms. The Morgan fingerprint density at radius 3 is 2.94 bits per heavy atom. The summed E-state index contributed by atoms with van der Waals surface area (Å²) in [5.41, 5.74) is 6.82. The summed E-state index contributed by atoms with van der Waals surface area (Å²) in [6.07, 6.45) is 4.01. The highest BCUT2D eigenvalue weighted by molar-refractivity contribution is 14.0. The van der Waals surface area contributed by atoms with E-state index in [4.69, 9.17) is 5.73 Å². The van der Waals surface area contributed by atoms with Gasteiger partial charge in [0.15, 0.2) is 5.96 Å². The zero-order chi connectivity index (χ0) is 11.4. The van der Waals surface area contributed by atoms with Gasteiger partial charge in [-0.05, 0) is 25.7 Å². The summed E-state index contributed by atoms with van der Waals surface area (Å²) in [7, 11) is 0. The average molecular weight is 366 g/mol. The van der Waals surface area contributed by atoms with E-state index in [-0.39, 0.29) is 24.0 Å². The van der Waals surface area contributed by atoms with Gasteiger partial charge in [0.05, 0.1) is 6.54 Å². The van der Waals surface area contributed by atoms with E-state index in [0.29, 0.717) is 12.5 Å². The molecule has 1 fully saturated rings. The molecule has 1 aromatic heterocycles. The zero-order valence-corrected chi connectivity index (χ0v) is 13.1. The van der Waals surface area contributed by atoms with Crippen molar-refractivity contribution in [2.45, 2.75) is 32.7 Å². The molecule has 1 aromatic rings. The van der Waals surface area contributed by atoms with Gasteiger partial charge in [0, 0.05) is 17.6 Å². The molecular formula is C11H19IN4S. The van der Waals surface area contributed by atoms with Gasteiger partial charge in [-0.3, -0.25) is 0 Å². The van der Waals surface area contributed by atoms with Crippen molar-refractivity contribution in [2.75, 3.05) is 6.54 Å². The number of guanidine groups is 1. The van der Waals surface area contributed by atoms with Crippen LogP contribution in [0.2, 0.25) is 0 Å². The normalized spacial score (nSPS) is 16.2. The van der Waals surface area contributed by atoms with Crippen LogP contribution in [0.25, 0.3) is 0 Å². The van der Waals surface area contributed by atoms with Crippen molar-refractivity contribution in [1.82, 2.24) is 10.3 Å². The predicted molar refractivity (Wildman–Crippen MR) is 82.9 cm³/mol. The lowest BCUT2D eigenvalue weighted by atomic mass is 9.85. The fraction of sp³-hybridized carbons (Fsp3) is 0.636. The van der Waals surface area contributed by atoms with E-state index in [9.17, 15) is 0 Å². The third-order valence-corrected chi connectivity index (χ3v) is 3.80. The van der Waals surface area contributed by atoms with Gasteiger partial charge in [-0.25, -0.2) is 9.98 Å². The molecule has 0 unspecified atom stereocenters. The molecule has 0 amide bonds. The van der Waals surface area contributed by atoms with Gasteiger partial charge in [0.1, 0.15) is 5.01 Å². The van der Waals surface area contributed by atoms with Gasteiger partial charge in [0.2, 0.25) is 0 Å². The summed E-state index contributed by atoms with van der Waals surface area (Å²) in [6, 6.07) is 0. The second-order valence-corrected chi connectivity index (χ2v) is 5.20. The molecule has 0 saturated heterocycles. The van der Waals surface area contributed by atoms with Gasteiger partial charge in [-0.2, -0.15) is 0 Å². The first-order valence-electron chi connectivity index (χ1n) is 5.69. The van der Waals surface area contributed by atoms with E-state index in [1.54, 1.807) is 11.3 Å². The van der Waals surface area contributed by atoms with Crippen LogP contribution in [0.15, 0.2) is 10.4 Å². The molecule has 2 rings (SSSR count). The minimum Gasteiger partial charge on any atom is -0.370 e. The molecule has 0 atom stereocenters. The second-order valence-electron chi connectivity index (χ2n) is 4.26. The fourth-order valence-corrected chi connectivity index (χ4v) is 2.32. The van der Waals surface area contributed by atoms with Crippen LogP contribution in [-0.2, 0) is 6.54 Å². The Morgan fingerprint density at radius 1 is 1.65 bits per heavy atom. The number of rotatable bonds is 4. The predicted octanol–water partition coefficient (Wildman–Crippen LogP) is 2.27. The van der Waals surface area contributed by atoms with Crippen molar-refractivity contribution < 1.29 is 0 Å². The molecule has 1 heterocycles. The first-order chi connectivity index (χ1) is 7.74. The molecule has 4 nitrogen and oxygen atoms in total. The summed E-state index contributed by atoms with van der Waals surface area (Å²) in [5, 5.41) is 6.22. The standard InChI is InChI=1S/C11H18N4S.HI/c1-8-7-16-10(15-8)6-14-11(12)13-5-9-3-2-4-9;/h7,9H,2-6H2,1H3,(H3,12,13,14);1H. The monoisotopic (exact) mass is 366 g/mol. The highest BCUT2D eigenvalue weighted by Crippen LogP contribution is 2.24. The maximum absolute atomic E-state index is 5.77. The van der Waals surface area contributed by atoms with Crippen molar-refractivity contribution in [2.24, 2.45) is 16.6 Å². The van der Waals surface area contributed by atoms with Gasteiger partial charge < -0.3 is 11.1 Å². The molecule has 0 bridgehead atoms. The second kappa shape index (κ2) is 7.15. The van der Waals surface area contributed by atoms with Crippen LogP contribution in [0.4, 0.5) is 0 Å². The van der Waals surface area contributed by atoms with E-state index in [0.717, 1.165) is 23.2 Å². The highest BCUT2D eigenvalue weighted by Gasteiger charge is 2.16. The van der Waals surface area contributed by atoms with Crippen LogP contribution in [0.3, 0.4) is 0 Å². The van der Waals surface area contributed by atoms with Crippen molar-refractivity contribution >= 4 is 41.3 Å². The smallest absolute Gasteiger partial charge is 0.189 e. The van der Waals surface area contributed by atoms with Crippen molar-refractivity contribution in [3.8, 4) is 0 Å². The van der Waals surface area contributed by atoms with Crippen molar-refractivity contribution in [3.63, 3.8) is 0 Å². The van der Waals surface area contributed by atoms with E-state index < -0.39 is 0 Å². The van der Waals surface area contributed by atoms with Crippen LogP contribution in [0.1, 0.15) is 30.0 Å². The first kappa shape index (κ1) is 14.7. The largest absolute Gasteiger partial charge is 0.370 e. The number of halogens is 1. The van der Waals surface area contributed by atoms with Crippen LogP contribution < -0.4 is 11.1 Å². The molecule has 0 spiro atoms. The van der Waals surface area contributed by atoms with Crippen molar-refractivity contribution in [1.29, 1.82) is 0 Å². The number of hydrogen-bond donors (Lipinski definition) is 2. The van der Waals surface area contributed by atoms with E-state index in [1.807, 2.05) is 12.3 Å². The van der Waals surface area contributed by atoms with Crippen LogP contribution >= 0.6 is 35.3 Å². The number of hydrogen-bond acceptors (Lipinski definition) is 3. The molecule has 1 saturated carbocycles. The number of nitrogens with two attached hydrogens (primary N) is 1. The Labute approximate surface area is 123 Å². The fourth-order valence-electron chi connectivity index (χ4n) is 1.63. The Morgan fingerprint density at radius 2 is 2.41 bits per heavy atom. The first-order valence-corrected chi connectivity index (χ1v) is 6.57. The topological polar surface area (TPSA) is 63.3 Å². The molecule has 3 N–H and O–H groups in total. The molecule has 0 aliphatic heterocycles. The van der Waals surface area contributed by atoms with Crippen LogP contribution in [0.5, 0.6) is 0 Å². The lowest BCUT2D eigenvalue weighted by Crippen LogP contribution is -2.37. The Balaban J connectivity index is 0.00000144. The molecule has 96 valence electrons. The summed E-state index contributed by atoms with van der Waals surface area (Å²) in [6.45, 7) is 3.54. The summed E-state index contributed by atoms with van der Waals surface area (Å²) >= 11 is 1.63. The minimum absolute atomic E-state index is 0. The average Bonchev–Trinajstić information content (AvgIpc) is 2.59. The Kier molecular flexibility index (Phi) is 6.18. The number of nitrogens with zero attached hydrogens (tertiary/aromatic N) is 2. The molecule has 0 radical (unpaired) electrons. The van der Waals surface area contributed by atoms with Gasteiger partial charge in [0.25, 0.3) is 0 Å². The number of aromatic nitrogens is 1. The summed E-state index contributed by atoms with van der Waals surface area (Å²) in [4.78, 5) is 8.60. The lowest BCUT2D eigenvalue weighted by molar-refractivity contribution is 0.315. The van der Waals surface area contributed by atoms with Gasteiger partial charge >= 0.3 is 0 Å². The van der Waals surface area contributed by atoms with E-state index in [2.05, 4.69) is 15.3 Å². The SMILES string of the molecule is Cc1csc(CN=C(N)NCC2CCC2)n1.I. The van der Waals surface area contributed by atoms with E-state index in [1.165, 1.54) is 19.3 Å². The maximum atomic E-state index is 5.77. The molecule has 6 heteroatoms. The highest BCUT2D eigenvalue weighted by atomic mass is 127. The van der Waals surface area contributed by atoms with E-state index >= 15 is 0 Å². The number of nitrogens with one attached hydrogen (secondary N) is 1. The van der Waals surface area contributed by atoms with Gasteiger partial charge in [-0.15, -0.1) is 35.3 Å².